The summed E-state index contributed by atoms with van der Waals surface area (Å²) in [5.41, 5.74) is 0.276. The van der Waals surface area contributed by atoms with Crippen LogP contribution in [0.5, 0.6) is 0 Å². The Kier molecular flexibility index (Phi) is 6.19. The number of nitrogens with one attached hydrogen (secondary N) is 2. The van der Waals surface area contributed by atoms with Gasteiger partial charge in [0.15, 0.2) is 0 Å². The fourth-order valence-electron chi connectivity index (χ4n) is 3.06. The quantitative estimate of drug-likeness (QED) is 0.754. The predicted octanol–water partition coefficient (Wildman–Crippen LogP) is 2.25. The van der Waals surface area contributed by atoms with Crippen LogP contribution in [-0.4, -0.2) is 34.8 Å². The van der Waals surface area contributed by atoms with E-state index < -0.39 is 5.60 Å². The largest absolute Gasteiger partial charge is 0.388 e. The van der Waals surface area contributed by atoms with Crippen molar-refractivity contribution in [1.29, 1.82) is 0 Å². The van der Waals surface area contributed by atoms with Crippen LogP contribution in [0.15, 0.2) is 24.5 Å². The zero-order valence-corrected chi connectivity index (χ0v) is 13.3. The van der Waals surface area contributed by atoms with Gasteiger partial charge in [-0.15, -0.1) is 0 Å². The number of hydrogen-bond acceptors (Lipinski definition) is 3. The Morgan fingerprint density at radius 1 is 1.36 bits per heavy atom. The monoisotopic (exact) mass is 305 g/mol. The molecule has 1 aliphatic rings. The Labute approximate surface area is 132 Å². The van der Waals surface area contributed by atoms with Gasteiger partial charge in [0.25, 0.3) is 0 Å². The van der Waals surface area contributed by atoms with Gasteiger partial charge in [-0.05, 0) is 43.7 Å². The minimum absolute atomic E-state index is 0.222. The number of hydrogen-bond donors (Lipinski definition) is 3. The normalized spacial score (nSPS) is 18.5. The van der Waals surface area contributed by atoms with E-state index in [1.54, 1.807) is 12.4 Å². The van der Waals surface area contributed by atoms with Crippen LogP contribution in [0.1, 0.15) is 44.6 Å². The molecule has 5 heteroatoms. The summed E-state index contributed by atoms with van der Waals surface area (Å²) in [4.78, 5) is 15.9. The fourth-order valence-corrected chi connectivity index (χ4v) is 3.06. The van der Waals surface area contributed by atoms with Gasteiger partial charge in [0.1, 0.15) is 0 Å². The molecule has 0 unspecified atom stereocenters. The van der Waals surface area contributed by atoms with Gasteiger partial charge in [-0.3, -0.25) is 4.98 Å². The zero-order chi connectivity index (χ0) is 15.8. The molecule has 1 heterocycles. The van der Waals surface area contributed by atoms with Crippen molar-refractivity contribution in [2.75, 3.05) is 13.1 Å². The first-order valence-electron chi connectivity index (χ1n) is 8.21. The number of aliphatic hydroxyl groups is 1. The standard InChI is InChI=1S/C17H27N3O2/c1-17(22,15-7-3-2-4-8-15)13-20-16(21)19-11-9-14-6-5-10-18-12-14/h5-6,10,12,15,22H,2-4,7-9,11,13H2,1H3,(H2,19,20,21)/t17-/m0/s1. The van der Waals surface area contributed by atoms with Crippen LogP contribution in [-0.2, 0) is 6.42 Å². The minimum atomic E-state index is -0.818. The molecule has 0 saturated heterocycles. The highest BCUT2D eigenvalue weighted by molar-refractivity contribution is 5.73. The number of rotatable bonds is 6. The number of amides is 2. The molecule has 5 nitrogen and oxygen atoms in total. The van der Waals surface area contributed by atoms with Crippen LogP contribution >= 0.6 is 0 Å². The summed E-state index contributed by atoms with van der Waals surface area (Å²) in [5.74, 6) is 0.289. The summed E-state index contributed by atoms with van der Waals surface area (Å²) in [6.45, 7) is 2.69. The molecule has 0 spiro atoms. The minimum Gasteiger partial charge on any atom is -0.388 e. The van der Waals surface area contributed by atoms with E-state index in [9.17, 15) is 9.90 Å². The number of nitrogens with zero attached hydrogens (tertiary/aromatic N) is 1. The molecular formula is C17H27N3O2. The number of carbonyl (C=O) groups excluding carboxylic acids is 1. The molecule has 2 rings (SSSR count). The number of pyridine rings is 1. The van der Waals surface area contributed by atoms with Crippen molar-refractivity contribution in [3.63, 3.8) is 0 Å². The molecule has 1 aliphatic carbocycles. The van der Waals surface area contributed by atoms with E-state index in [2.05, 4.69) is 15.6 Å². The molecule has 1 fully saturated rings. The lowest BCUT2D eigenvalue weighted by molar-refractivity contribution is -0.0130. The van der Waals surface area contributed by atoms with Gasteiger partial charge in [0.05, 0.1) is 5.60 Å². The lowest BCUT2D eigenvalue weighted by Crippen LogP contribution is -2.49. The molecule has 0 bridgehead atoms. The van der Waals surface area contributed by atoms with E-state index in [4.69, 9.17) is 0 Å². The van der Waals surface area contributed by atoms with Gasteiger partial charge in [0, 0.05) is 25.5 Å². The van der Waals surface area contributed by atoms with E-state index in [0.29, 0.717) is 13.1 Å². The lowest BCUT2D eigenvalue weighted by Gasteiger charge is -2.35. The molecule has 22 heavy (non-hydrogen) atoms. The predicted molar refractivity (Wildman–Crippen MR) is 86.5 cm³/mol. The Bertz CT molecular complexity index is 456. The summed E-state index contributed by atoms with van der Waals surface area (Å²) >= 11 is 0. The van der Waals surface area contributed by atoms with Crippen molar-refractivity contribution in [1.82, 2.24) is 15.6 Å². The van der Waals surface area contributed by atoms with E-state index in [1.165, 1.54) is 19.3 Å². The van der Waals surface area contributed by atoms with Crippen molar-refractivity contribution in [2.24, 2.45) is 5.92 Å². The van der Waals surface area contributed by atoms with Gasteiger partial charge in [0.2, 0.25) is 0 Å². The first-order valence-corrected chi connectivity index (χ1v) is 8.21. The second-order valence-electron chi connectivity index (χ2n) is 6.41. The van der Waals surface area contributed by atoms with Crippen molar-refractivity contribution < 1.29 is 9.90 Å². The average molecular weight is 305 g/mol. The summed E-state index contributed by atoms with van der Waals surface area (Å²) in [7, 11) is 0. The topological polar surface area (TPSA) is 74.2 Å². The van der Waals surface area contributed by atoms with Crippen LogP contribution in [0.2, 0.25) is 0 Å². The molecule has 1 aromatic heterocycles. The highest BCUT2D eigenvalue weighted by Crippen LogP contribution is 2.32. The second-order valence-corrected chi connectivity index (χ2v) is 6.41. The molecule has 0 radical (unpaired) electrons. The highest BCUT2D eigenvalue weighted by atomic mass is 16.3. The first kappa shape index (κ1) is 16.7. The number of carbonyl (C=O) groups is 1. The smallest absolute Gasteiger partial charge is 0.314 e. The fraction of sp³-hybridized carbons (Fsp3) is 0.647. The lowest BCUT2D eigenvalue weighted by atomic mass is 9.78. The maximum absolute atomic E-state index is 11.8. The Morgan fingerprint density at radius 2 is 2.14 bits per heavy atom. The van der Waals surface area contributed by atoms with E-state index in [0.717, 1.165) is 24.8 Å². The SMILES string of the molecule is C[C@](O)(CNC(=O)NCCc1cccnc1)C1CCCCC1. The summed E-state index contributed by atoms with van der Waals surface area (Å²) in [5, 5.41) is 16.1. The van der Waals surface area contributed by atoms with E-state index in [1.807, 2.05) is 19.1 Å². The maximum Gasteiger partial charge on any atom is 0.314 e. The number of urea groups is 1. The molecule has 0 aromatic carbocycles. The van der Waals surface area contributed by atoms with Crippen LogP contribution in [0.25, 0.3) is 0 Å². The van der Waals surface area contributed by atoms with E-state index >= 15 is 0 Å². The summed E-state index contributed by atoms with van der Waals surface area (Å²) < 4.78 is 0. The molecule has 1 aromatic rings. The van der Waals surface area contributed by atoms with Crippen LogP contribution in [0.4, 0.5) is 4.79 Å². The van der Waals surface area contributed by atoms with Gasteiger partial charge in [-0.25, -0.2) is 4.79 Å². The molecule has 122 valence electrons. The summed E-state index contributed by atoms with van der Waals surface area (Å²) in [6.07, 6.45) is 10.0. The molecule has 2 amide bonds. The maximum atomic E-state index is 11.8. The second kappa shape index (κ2) is 8.13. The highest BCUT2D eigenvalue weighted by Gasteiger charge is 2.32. The van der Waals surface area contributed by atoms with Crippen molar-refractivity contribution in [2.45, 2.75) is 51.0 Å². The third-order valence-electron chi connectivity index (χ3n) is 4.51. The van der Waals surface area contributed by atoms with Crippen molar-refractivity contribution in [3.05, 3.63) is 30.1 Å². The van der Waals surface area contributed by atoms with Gasteiger partial charge >= 0.3 is 6.03 Å². The molecule has 0 aliphatic heterocycles. The molecule has 1 atom stereocenters. The van der Waals surface area contributed by atoms with Crippen LogP contribution in [0, 0.1) is 5.92 Å². The molecular weight excluding hydrogens is 278 g/mol. The Hall–Kier alpha value is -1.62. The van der Waals surface area contributed by atoms with Crippen LogP contribution < -0.4 is 10.6 Å². The van der Waals surface area contributed by atoms with Gasteiger partial charge in [-0.2, -0.15) is 0 Å². The van der Waals surface area contributed by atoms with E-state index in [-0.39, 0.29) is 11.9 Å². The van der Waals surface area contributed by atoms with Crippen molar-refractivity contribution >= 4 is 6.03 Å². The first-order chi connectivity index (χ1) is 10.6. The van der Waals surface area contributed by atoms with Gasteiger partial charge < -0.3 is 15.7 Å². The third-order valence-corrected chi connectivity index (χ3v) is 4.51. The van der Waals surface area contributed by atoms with Crippen molar-refractivity contribution in [3.8, 4) is 0 Å². The Balaban J connectivity index is 1.66. The number of aromatic nitrogens is 1. The third kappa shape index (κ3) is 5.30. The Morgan fingerprint density at radius 3 is 2.82 bits per heavy atom. The average Bonchev–Trinajstić information content (AvgIpc) is 2.55. The molecule has 3 N–H and O–H groups in total. The van der Waals surface area contributed by atoms with Gasteiger partial charge in [-0.1, -0.05) is 25.3 Å². The van der Waals surface area contributed by atoms with Crippen LogP contribution in [0.3, 0.4) is 0 Å². The molecule has 1 saturated carbocycles. The summed E-state index contributed by atoms with van der Waals surface area (Å²) in [6, 6.07) is 3.65. The zero-order valence-electron chi connectivity index (χ0n) is 13.3.